The maximum Gasteiger partial charge on any atom is 0.315 e. The predicted octanol–water partition coefficient (Wildman–Crippen LogP) is 4.52. The molecule has 1 unspecified atom stereocenters. The minimum atomic E-state index is -0.249. The molecule has 6 nitrogen and oxygen atoms in total. The van der Waals surface area contributed by atoms with Crippen molar-refractivity contribution in [3.8, 4) is 5.75 Å². The molecule has 0 spiro atoms. The summed E-state index contributed by atoms with van der Waals surface area (Å²) in [5, 5.41) is 9.16. The lowest BCUT2D eigenvalue weighted by atomic mass is 10.0. The van der Waals surface area contributed by atoms with Gasteiger partial charge in [-0.1, -0.05) is 30.7 Å². The van der Waals surface area contributed by atoms with Gasteiger partial charge >= 0.3 is 6.03 Å². The van der Waals surface area contributed by atoms with E-state index in [1.54, 1.807) is 31.4 Å². The zero-order valence-corrected chi connectivity index (χ0v) is 16.9. The quantitative estimate of drug-likeness (QED) is 0.538. The summed E-state index contributed by atoms with van der Waals surface area (Å²) in [5.41, 5.74) is 1.71. The number of amides is 3. The van der Waals surface area contributed by atoms with Crippen molar-refractivity contribution in [2.75, 3.05) is 19.0 Å². The zero-order chi connectivity index (χ0) is 20.4. The Morgan fingerprint density at radius 1 is 1.07 bits per heavy atom. The molecule has 3 amide bonds. The van der Waals surface area contributed by atoms with Gasteiger partial charge < -0.3 is 20.7 Å². The van der Waals surface area contributed by atoms with E-state index < -0.39 is 0 Å². The van der Waals surface area contributed by atoms with E-state index in [0.29, 0.717) is 30.1 Å². The third kappa shape index (κ3) is 7.12. The fraction of sp³-hybridized carbons (Fsp3) is 0.333. The first-order valence-corrected chi connectivity index (χ1v) is 9.63. The van der Waals surface area contributed by atoms with Gasteiger partial charge in [-0.25, -0.2) is 4.79 Å². The second kappa shape index (κ2) is 11.2. The summed E-state index contributed by atoms with van der Waals surface area (Å²) in [6, 6.07) is 14.2. The summed E-state index contributed by atoms with van der Waals surface area (Å²) >= 11 is 5.81. The Balaban J connectivity index is 1.69. The lowest BCUT2D eigenvalue weighted by Crippen LogP contribution is -2.38. The molecule has 28 heavy (non-hydrogen) atoms. The first-order valence-electron chi connectivity index (χ1n) is 9.25. The van der Waals surface area contributed by atoms with Crippen LogP contribution in [0.2, 0.25) is 5.02 Å². The fourth-order valence-corrected chi connectivity index (χ4v) is 2.80. The van der Waals surface area contributed by atoms with Gasteiger partial charge in [0.15, 0.2) is 0 Å². The van der Waals surface area contributed by atoms with Crippen LogP contribution in [0.25, 0.3) is 0 Å². The van der Waals surface area contributed by atoms with Gasteiger partial charge in [-0.05, 0) is 54.8 Å². The summed E-state index contributed by atoms with van der Waals surface area (Å²) in [7, 11) is 1.62. The van der Waals surface area contributed by atoms with Crippen LogP contribution in [0, 0.1) is 0 Å². The number of benzene rings is 2. The van der Waals surface area contributed by atoms with Crippen LogP contribution in [0.15, 0.2) is 48.5 Å². The highest BCUT2D eigenvalue weighted by atomic mass is 35.5. The number of carbonyl (C=O) groups excluding carboxylic acids is 2. The summed E-state index contributed by atoms with van der Waals surface area (Å²) in [5.74, 6) is 0.675. The highest BCUT2D eigenvalue weighted by Gasteiger charge is 2.12. The van der Waals surface area contributed by atoms with E-state index in [9.17, 15) is 9.59 Å². The van der Waals surface area contributed by atoms with Gasteiger partial charge in [0, 0.05) is 23.7 Å². The topological polar surface area (TPSA) is 79.5 Å². The molecule has 0 saturated heterocycles. The highest BCUT2D eigenvalue weighted by Crippen LogP contribution is 2.20. The molecule has 0 aliphatic rings. The number of anilines is 1. The fourth-order valence-electron chi connectivity index (χ4n) is 2.67. The van der Waals surface area contributed by atoms with Gasteiger partial charge in [0.25, 0.3) is 0 Å². The highest BCUT2D eigenvalue weighted by molar-refractivity contribution is 6.30. The first-order chi connectivity index (χ1) is 13.5. The van der Waals surface area contributed by atoms with Gasteiger partial charge in [-0.2, -0.15) is 0 Å². The van der Waals surface area contributed by atoms with Crippen molar-refractivity contribution in [1.29, 1.82) is 0 Å². The Bertz CT molecular complexity index is 763. The molecule has 1 atom stereocenters. The molecule has 3 N–H and O–H groups in total. The summed E-state index contributed by atoms with van der Waals surface area (Å²) < 4.78 is 5.15. The molecular weight excluding hydrogens is 378 g/mol. The maximum atomic E-state index is 12.1. The van der Waals surface area contributed by atoms with Crippen LogP contribution in [0.5, 0.6) is 5.75 Å². The number of nitrogens with one attached hydrogen (secondary N) is 3. The number of halogens is 1. The Kier molecular flexibility index (Phi) is 8.62. The lowest BCUT2D eigenvalue weighted by molar-refractivity contribution is -0.116. The Labute approximate surface area is 170 Å². The Morgan fingerprint density at radius 2 is 1.75 bits per heavy atom. The number of hydrogen-bond donors (Lipinski definition) is 3. The van der Waals surface area contributed by atoms with E-state index in [1.165, 1.54) is 0 Å². The Hall–Kier alpha value is -2.73. The van der Waals surface area contributed by atoms with Crippen LogP contribution in [-0.4, -0.2) is 25.6 Å². The van der Waals surface area contributed by atoms with E-state index >= 15 is 0 Å². The van der Waals surface area contributed by atoms with Crippen molar-refractivity contribution in [3.63, 3.8) is 0 Å². The number of urea groups is 1. The molecule has 7 heteroatoms. The summed E-state index contributed by atoms with van der Waals surface area (Å²) in [4.78, 5) is 24.0. The molecule has 0 aliphatic carbocycles. The van der Waals surface area contributed by atoms with Crippen LogP contribution in [0.1, 0.15) is 37.8 Å². The minimum absolute atomic E-state index is 0.0842. The van der Waals surface area contributed by atoms with Crippen LogP contribution >= 0.6 is 11.6 Å². The average Bonchev–Trinajstić information content (AvgIpc) is 2.71. The van der Waals surface area contributed by atoms with Crippen molar-refractivity contribution in [3.05, 3.63) is 59.1 Å². The third-order valence-corrected chi connectivity index (χ3v) is 4.48. The van der Waals surface area contributed by atoms with Crippen LogP contribution in [-0.2, 0) is 4.79 Å². The maximum absolute atomic E-state index is 12.1. The van der Waals surface area contributed by atoms with E-state index in [0.717, 1.165) is 17.7 Å². The van der Waals surface area contributed by atoms with Gasteiger partial charge in [-0.3, -0.25) is 4.79 Å². The van der Waals surface area contributed by atoms with Crippen LogP contribution in [0.4, 0.5) is 10.5 Å². The number of ether oxygens (including phenoxy) is 1. The van der Waals surface area contributed by atoms with Crippen LogP contribution < -0.4 is 20.7 Å². The standard InChI is InChI=1S/C21H26ClN3O3/c1-3-19(15-6-12-18(28-2)13-7-15)25-21(27)23-14-4-5-20(26)24-17-10-8-16(22)9-11-17/h6-13,19H,3-5,14H2,1-2H3,(H,24,26)(H2,23,25,27). The molecule has 150 valence electrons. The molecule has 0 bridgehead atoms. The molecule has 0 fully saturated rings. The number of carbonyl (C=O) groups is 2. The van der Waals surface area contributed by atoms with Crippen molar-refractivity contribution >= 4 is 29.2 Å². The molecule has 0 radical (unpaired) electrons. The van der Waals surface area contributed by atoms with Gasteiger partial charge in [0.05, 0.1) is 13.2 Å². The largest absolute Gasteiger partial charge is 0.497 e. The summed E-state index contributed by atoms with van der Waals surface area (Å²) in [6.07, 6.45) is 1.63. The molecule has 2 aromatic carbocycles. The second-order valence-corrected chi connectivity index (χ2v) is 6.73. The van der Waals surface area contributed by atoms with E-state index in [1.807, 2.05) is 31.2 Å². The van der Waals surface area contributed by atoms with E-state index in [2.05, 4.69) is 16.0 Å². The molecule has 2 rings (SSSR count). The predicted molar refractivity (Wildman–Crippen MR) is 112 cm³/mol. The second-order valence-electron chi connectivity index (χ2n) is 6.29. The third-order valence-electron chi connectivity index (χ3n) is 4.23. The van der Waals surface area contributed by atoms with Gasteiger partial charge in [0.1, 0.15) is 5.75 Å². The minimum Gasteiger partial charge on any atom is -0.497 e. The Morgan fingerprint density at radius 3 is 2.36 bits per heavy atom. The van der Waals surface area contributed by atoms with E-state index in [4.69, 9.17) is 16.3 Å². The van der Waals surface area contributed by atoms with Crippen molar-refractivity contribution in [2.24, 2.45) is 0 Å². The smallest absolute Gasteiger partial charge is 0.315 e. The zero-order valence-electron chi connectivity index (χ0n) is 16.1. The number of hydrogen-bond acceptors (Lipinski definition) is 3. The molecule has 0 heterocycles. The normalized spacial score (nSPS) is 11.4. The molecule has 0 aliphatic heterocycles. The average molecular weight is 404 g/mol. The molecule has 2 aromatic rings. The van der Waals surface area contributed by atoms with Crippen molar-refractivity contribution < 1.29 is 14.3 Å². The molecule has 0 saturated carbocycles. The van der Waals surface area contributed by atoms with E-state index in [-0.39, 0.29) is 18.0 Å². The van der Waals surface area contributed by atoms with Crippen molar-refractivity contribution in [1.82, 2.24) is 10.6 Å². The summed E-state index contributed by atoms with van der Waals surface area (Å²) in [6.45, 7) is 2.43. The molecular formula is C21H26ClN3O3. The number of rotatable bonds is 9. The lowest BCUT2D eigenvalue weighted by Gasteiger charge is -2.18. The monoisotopic (exact) mass is 403 g/mol. The first kappa shape index (κ1) is 21.6. The van der Waals surface area contributed by atoms with Crippen LogP contribution in [0.3, 0.4) is 0 Å². The number of methoxy groups -OCH3 is 1. The SMILES string of the molecule is CCC(NC(=O)NCCCC(=O)Nc1ccc(Cl)cc1)c1ccc(OC)cc1. The van der Waals surface area contributed by atoms with Gasteiger partial charge in [0.2, 0.25) is 5.91 Å². The molecule has 0 aromatic heterocycles. The van der Waals surface area contributed by atoms with Crippen molar-refractivity contribution in [2.45, 2.75) is 32.2 Å². The van der Waals surface area contributed by atoms with Gasteiger partial charge in [-0.15, -0.1) is 0 Å².